The summed E-state index contributed by atoms with van der Waals surface area (Å²) >= 11 is 19.5. The summed E-state index contributed by atoms with van der Waals surface area (Å²) in [6, 6.07) is 7.42. The van der Waals surface area contributed by atoms with Crippen molar-refractivity contribution in [2.45, 2.75) is 6.42 Å². The van der Waals surface area contributed by atoms with Crippen LogP contribution in [0.4, 0.5) is 0 Å². The summed E-state index contributed by atoms with van der Waals surface area (Å²) in [7, 11) is 0. The Balaban J connectivity index is 2.57. The molecule has 0 aliphatic rings. The molecule has 1 heterocycles. The SMILES string of the molecule is N#CCc1sccc1-c1cc(Cl)c(Cl)cc1Cl. The van der Waals surface area contributed by atoms with E-state index in [0.29, 0.717) is 21.5 Å². The minimum atomic E-state index is 0.365. The molecule has 0 fully saturated rings. The van der Waals surface area contributed by atoms with Crippen molar-refractivity contribution >= 4 is 46.1 Å². The second-order valence-electron chi connectivity index (χ2n) is 3.34. The molecule has 0 spiro atoms. The summed E-state index contributed by atoms with van der Waals surface area (Å²) in [4.78, 5) is 0.979. The van der Waals surface area contributed by atoms with Crippen LogP contribution in [0.15, 0.2) is 23.6 Å². The van der Waals surface area contributed by atoms with Crippen LogP contribution >= 0.6 is 46.1 Å². The van der Waals surface area contributed by atoms with Gasteiger partial charge in [0, 0.05) is 10.4 Å². The predicted octanol–water partition coefficient (Wildman–Crippen LogP) is 5.44. The van der Waals surface area contributed by atoms with Crippen LogP contribution in [0.3, 0.4) is 0 Å². The molecule has 2 aromatic rings. The Labute approximate surface area is 118 Å². The minimum Gasteiger partial charge on any atom is -0.198 e. The van der Waals surface area contributed by atoms with Crippen molar-refractivity contribution in [3.8, 4) is 17.2 Å². The van der Waals surface area contributed by atoms with Gasteiger partial charge in [0.15, 0.2) is 0 Å². The third-order valence-corrected chi connectivity index (χ3v) is 4.24. The van der Waals surface area contributed by atoms with Crippen molar-refractivity contribution in [3.63, 3.8) is 0 Å². The Morgan fingerprint density at radius 1 is 1.06 bits per heavy atom. The van der Waals surface area contributed by atoms with E-state index in [4.69, 9.17) is 40.1 Å². The highest BCUT2D eigenvalue weighted by Crippen LogP contribution is 2.38. The minimum absolute atomic E-state index is 0.365. The third-order valence-electron chi connectivity index (χ3n) is 2.29. The lowest BCUT2D eigenvalue weighted by atomic mass is 10.1. The molecule has 0 saturated carbocycles. The first-order valence-electron chi connectivity index (χ1n) is 4.71. The van der Waals surface area contributed by atoms with Gasteiger partial charge >= 0.3 is 0 Å². The average Bonchev–Trinajstić information content (AvgIpc) is 2.72. The Morgan fingerprint density at radius 2 is 1.76 bits per heavy atom. The largest absolute Gasteiger partial charge is 0.198 e. The molecule has 0 unspecified atom stereocenters. The highest BCUT2D eigenvalue weighted by atomic mass is 35.5. The molecule has 0 N–H and O–H groups in total. The fraction of sp³-hybridized carbons (Fsp3) is 0.0833. The molecule has 0 atom stereocenters. The fourth-order valence-electron chi connectivity index (χ4n) is 1.52. The molecule has 0 aliphatic heterocycles. The van der Waals surface area contributed by atoms with Gasteiger partial charge in [-0.15, -0.1) is 11.3 Å². The Hall–Kier alpha value is -0.720. The highest BCUT2D eigenvalue weighted by Gasteiger charge is 2.12. The van der Waals surface area contributed by atoms with Gasteiger partial charge in [0.05, 0.1) is 27.6 Å². The van der Waals surface area contributed by atoms with Crippen molar-refractivity contribution < 1.29 is 0 Å². The number of nitrogens with zero attached hydrogens (tertiary/aromatic N) is 1. The summed E-state index contributed by atoms with van der Waals surface area (Å²) in [5.41, 5.74) is 1.76. The lowest BCUT2D eigenvalue weighted by Gasteiger charge is -2.06. The highest BCUT2D eigenvalue weighted by molar-refractivity contribution is 7.10. The van der Waals surface area contributed by atoms with Crippen LogP contribution in [0.1, 0.15) is 4.88 Å². The monoisotopic (exact) mass is 301 g/mol. The number of hydrogen-bond acceptors (Lipinski definition) is 2. The molecular weight excluding hydrogens is 297 g/mol. The van der Waals surface area contributed by atoms with Gasteiger partial charge in [0.1, 0.15) is 0 Å². The molecule has 0 radical (unpaired) electrons. The summed E-state index contributed by atoms with van der Waals surface area (Å²) in [5, 5.41) is 12.1. The average molecular weight is 303 g/mol. The molecule has 1 aromatic carbocycles. The standard InChI is InChI=1S/C12H6Cl3NS/c13-9-6-11(15)10(14)5-8(9)7-2-4-17-12(7)1-3-16/h2,4-6H,1H2. The number of halogens is 3. The van der Waals surface area contributed by atoms with Gasteiger partial charge in [0.2, 0.25) is 0 Å². The van der Waals surface area contributed by atoms with Crippen molar-refractivity contribution in [1.82, 2.24) is 0 Å². The molecule has 2 rings (SSSR count). The molecule has 1 nitrogen and oxygen atoms in total. The third kappa shape index (κ3) is 2.59. The van der Waals surface area contributed by atoms with Crippen molar-refractivity contribution in [2.24, 2.45) is 0 Å². The number of hydrogen-bond donors (Lipinski definition) is 0. The number of thiophene rings is 1. The molecule has 86 valence electrons. The van der Waals surface area contributed by atoms with Gasteiger partial charge < -0.3 is 0 Å². The quantitative estimate of drug-likeness (QED) is 0.677. The molecule has 0 saturated heterocycles. The normalized spacial score (nSPS) is 10.2. The second-order valence-corrected chi connectivity index (χ2v) is 5.56. The first kappa shape index (κ1) is 12.7. The zero-order chi connectivity index (χ0) is 12.4. The van der Waals surface area contributed by atoms with E-state index in [1.54, 1.807) is 12.1 Å². The molecule has 0 aliphatic carbocycles. The lowest BCUT2D eigenvalue weighted by molar-refractivity contribution is 1.32. The Kier molecular flexibility index (Phi) is 3.96. The molecule has 1 aromatic heterocycles. The maximum Gasteiger partial charge on any atom is 0.0701 e. The van der Waals surface area contributed by atoms with Crippen molar-refractivity contribution in [3.05, 3.63) is 43.5 Å². The first-order chi connectivity index (χ1) is 8.13. The second kappa shape index (κ2) is 5.29. The lowest BCUT2D eigenvalue weighted by Crippen LogP contribution is -1.84. The summed E-state index contributed by atoms with van der Waals surface area (Å²) in [6.45, 7) is 0. The van der Waals surface area contributed by atoms with Gasteiger partial charge in [-0.2, -0.15) is 5.26 Å². The molecule has 17 heavy (non-hydrogen) atoms. The summed E-state index contributed by atoms with van der Waals surface area (Å²) in [6.07, 6.45) is 0.365. The van der Waals surface area contributed by atoms with E-state index in [1.807, 2.05) is 11.4 Å². The molecule has 0 amide bonds. The zero-order valence-corrected chi connectivity index (χ0v) is 11.6. The Morgan fingerprint density at radius 3 is 2.47 bits per heavy atom. The topological polar surface area (TPSA) is 23.8 Å². The van der Waals surface area contributed by atoms with E-state index >= 15 is 0 Å². The van der Waals surface area contributed by atoms with Gasteiger partial charge in [-0.3, -0.25) is 0 Å². The maximum absolute atomic E-state index is 8.75. The van der Waals surface area contributed by atoms with E-state index in [-0.39, 0.29) is 0 Å². The zero-order valence-electron chi connectivity index (χ0n) is 8.51. The predicted molar refractivity (Wildman–Crippen MR) is 74.1 cm³/mol. The molecular formula is C12H6Cl3NS. The maximum atomic E-state index is 8.75. The van der Waals surface area contributed by atoms with Crippen LogP contribution in [-0.2, 0) is 6.42 Å². The van der Waals surface area contributed by atoms with Gasteiger partial charge in [0.25, 0.3) is 0 Å². The van der Waals surface area contributed by atoms with Gasteiger partial charge in [-0.1, -0.05) is 34.8 Å². The van der Waals surface area contributed by atoms with E-state index < -0.39 is 0 Å². The molecule has 5 heteroatoms. The van der Waals surface area contributed by atoms with Crippen LogP contribution in [-0.4, -0.2) is 0 Å². The van der Waals surface area contributed by atoms with E-state index in [0.717, 1.165) is 16.0 Å². The Bertz CT molecular complexity index is 598. The van der Waals surface area contributed by atoms with Crippen LogP contribution in [0.25, 0.3) is 11.1 Å². The van der Waals surface area contributed by atoms with Crippen LogP contribution in [0.2, 0.25) is 15.1 Å². The smallest absolute Gasteiger partial charge is 0.0701 e. The number of rotatable bonds is 2. The van der Waals surface area contributed by atoms with Crippen molar-refractivity contribution in [2.75, 3.05) is 0 Å². The van der Waals surface area contributed by atoms with Crippen molar-refractivity contribution in [1.29, 1.82) is 5.26 Å². The van der Waals surface area contributed by atoms with E-state index in [9.17, 15) is 0 Å². The summed E-state index contributed by atoms with van der Waals surface area (Å²) in [5.74, 6) is 0. The van der Waals surface area contributed by atoms with E-state index in [1.165, 1.54) is 11.3 Å². The number of nitriles is 1. The van der Waals surface area contributed by atoms with Crippen LogP contribution < -0.4 is 0 Å². The van der Waals surface area contributed by atoms with E-state index in [2.05, 4.69) is 6.07 Å². The van der Waals surface area contributed by atoms with Gasteiger partial charge in [-0.25, -0.2) is 0 Å². The fourth-order valence-corrected chi connectivity index (χ4v) is 2.99. The van der Waals surface area contributed by atoms with Crippen LogP contribution in [0, 0.1) is 11.3 Å². The van der Waals surface area contributed by atoms with Crippen LogP contribution in [0.5, 0.6) is 0 Å². The number of benzene rings is 1. The molecule has 0 bridgehead atoms. The summed E-state index contributed by atoms with van der Waals surface area (Å²) < 4.78 is 0. The first-order valence-corrected chi connectivity index (χ1v) is 6.73. The van der Waals surface area contributed by atoms with Gasteiger partial charge in [-0.05, 0) is 29.1 Å².